The van der Waals surface area contributed by atoms with Crippen molar-refractivity contribution in [1.82, 2.24) is 4.90 Å². The minimum Gasteiger partial charge on any atom is -0.487 e. The van der Waals surface area contributed by atoms with Gasteiger partial charge in [-0.25, -0.2) is 0 Å². The van der Waals surface area contributed by atoms with Gasteiger partial charge in [0.15, 0.2) is 0 Å². The predicted octanol–water partition coefficient (Wildman–Crippen LogP) is 6.21. The lowest BCUT2D eigenvalue weighted by molar-refractivity contribution is -0.137. The van der Waals surface area contributed by atoms with Crippen LogP contribution in [0, 0.1) is 0 Å². The van der Waals surface area contributed by atoms with E-state index in [1.807, 2.05) is 36.4 Å². The van der Waals surface area contributed by atoms with E-state index in [4.69, 9.17) is 4.74 Å². The predicted molar refractivity (Wildman–Crippen MR) is 146 cm³/mol. The fraction of sp³-hybridized carbons (Fsp3) is 0.375. The number of carboxylic acids is 1. The van der Waals surface area contributed by atoms with Crippen molar-refractivity contribution < 1.29 is 19.4 Å². The van der Waals surface area contributed by atoms with E-state index in [9.17, 15) is 14.7 Å². The molecule has 1 aliphatic heterocycles. The summed E-state index contributed by atoms with van der Waals surface area (Å²) in [6.07, 6.45) is 2.47. The van der Waals surface area contributed by atoms with Crippen molar-refractivity contribution in [1.29, 1.82) is 0 Å². The molecule has 1 unspecified atom stereocenters. The van der Waals surface area contributed by atoms with Gasteiger partial charge >= 0.3 is 5.97 Å². The van der Waals surface area contributed by atoms with Crippen LogP contribution in [0.5, 0.6) is 5.75 Å². The number of fused-ring (bicyclic) bond motifs is 1. The zero-order valence-corrected chi connectivity index (χ0v) is 22.5. The molecule has 5 nitrogen and oxygen atoms in total. The van der Waals surface area contributed by atoms with E-state index < -0.39 is 11.6 Å². The minimum atomic E-state index is -1.04. The third-order valence-corrected chi connectivity index (χ3v) is 7.04. The standard InChI is InChI=1S/C32H37NO4/c1-6-22-7-9-23(10-8-22)18-32(5)19-26-17-25(13-16-28(26)37-32)30(36)33(21-29(34)35)20-24-11-14-27(15-12-24)31(2,3)4/h7-17H,6,18-21H2,1-5H3,(H,34,35). The number of aliphatic carboxylic acids is 1. The van der Waals surface area contributed by atoms with Crippen LogP contribution in [-0.4, -0.2) is 34.0 Å². The summed E-state index contributed by atoms with van der Waals surface area (Å²) < 4.78 is 6.33. The molecule has 5 heteroatoms. The molecule has 1 aliphatic rings. The van der Waals surface area contributed by atoms with E-state index in [0.29, 0.717) is 12.0 Å². The molecule has 0 aliphatic carbocycles. The Hall–Kier alpha value is -3.60. The molecule has 1 atom stereocenters. The molecule has 37 heavy (non-hydrogen) atoms. The highest BCUT2D eigenvalue weighted by atomic mass is 16.5. The molecule has 0 saturated heterocycles. The zero-order valence-electron chi connectivity index (χ0n) is 22.5. The van der Waals surface area contributed by atoms with Crippen molar-refractivity contribution in [3.8, 4) is 5.75 Å². The highest BCUT2D eigenvalue weighted by molar-refractivity contribution is 5.96. The Bertz CT molecular complexity index is 1270. The van der Waals surface area contributed by atoms with Crippen LogP contribution in [0.3, 0.4) is 0 Å². The Balaban J connectivity index is 1.50. The number of hydrogen-bond acceptors (Lipinski definition) is 3. The molecular weight excluding hydrogens is 462 g/mol. The molecule has 3 aromatic carbocycles. The van der Waals surface area contributed by atoms with Crippen molar-refractivity contribution in [2.45, 2.75) is 71.4 Å². The Labute approximate surface area is 220 Å². The van der Waals surface area contributed by atoms with Crippen LogP contribution < -0.4 is 4.74 Å². The van der Waals surface area contributed by atoms with Crippen LogP contribution in [0.15, 0.2) is 66.7 Å². The molecule has 0 spiro atoms. The first-order valence-corrected chi connectivity index (χ1v) is 13.0. The average Bonchev–Trinajstić information content (AvgIpc) is 3.18. The number of carbonyl (C=O) groups excluding carboxylic acids is 1. The lowest BCUT2D eigenvalue weighted by Crippen LogP contribution is -2.35. The van der Waals surface area contributed by atoms with Crippen LogP contribution in [0.25, 0.3) is 0 Å². The second kappa shape index (κ2) is 10.4. The fourth-order valence-electron chi connectivity index (χ4n) is 4.95. The van der Waals surface area contributed by atoms with Gasteiger partial charge in [0.05, 0.1) is 0 Å². The van der Waals surface area contributed by atoms with Crippen molar-refractivity contribution in [2.75, 3.05) is 6.54 Å². The highest BCUT2D eigenvalue weighted by Crippen LogP contribution is 2.38. The van der Waals surface area contributed by atoms with Crippen molar-refractivity contribution in [2.24, 2.45) is 0 Å². The number of benzene rings is 3. The van der Waals surface area contributed by atoms with Crippen molar-refractivity contribution in [3.05, 3.63) is 100 Å². The largest absolute Gasteiger partial charge is 0.487 e. The Morgan fingerprint density at radius 2 is 1.57 bits per heavy atom. The third-order valence-electron chi connectivity index (χ3n) is 7.04. The lowest BCUT2D eigenvalue weighted by atomic mass is 9.87. The van der Waals surface area contributed by atoms with Crippen molar-refractivity contribution in [3.63, 3.8) is 0 Å². The number of ether oxygens (including phenoxy) is 1. The highest BCUT2D eigenvalue weighted by Gasteiger charge is 2.35. The monoisotopic (exact) mass is 499 g/mol. The quantitative estimate of drug-likeness (QED) is 0.400. The van der Waals surface area contributed by atoms with Crippen LogP contribution in [0.1, 0.15) is 72.8 Å². The third kappa shape index (κ3) is 6.40. The number of nitrogens with zero attached hydrogens (tertiary/aromatic N) is 1. The topological polar surface area (TPSA) is 66.8 Å². The molecule has 194 valence electrons. The SMILES string of the molecule is CCc1ccc(CC2(C)Cc3cc(C(=O)N(CC(=O)O)Cc4ccc(C(C)(C)C)cc4)ccc3O2)cc1. The summed E-state index contributed by atoms with van der Waals surface area (Å²) >= 11 is 0. The van der Waals surface area contributed by atoms with Gasteiger partial charge in [-0.1, -0.05) is 76.2 Å². The van der Waals surface area contributed by atoms with E-state index in [-0.39, 0.29) is 24.4 Å². The van der Waals surface area contributed by atoms with E-state index >= 15 is 0 Å². The summed E-state index contributed by atoms with van der Waals surface area (Å²) in [6, 6.07) is 22.1. The molecule has 0 fully saturated rings. The molecule has 0 radical (unpaired) electrons. The van der Waals surface area contributed by atoms with E-state index in [0.717, 1.165) is 29.7 Å². The summed E-state index contributed by atoms with van der Waals surface area (Å²) in [7, 11) is 0. The Morgan fingerprint density at radius 1 is 0.946 bits per heavy atom. The van der Waals surface area contributed by atoms with Crippen LogP contribution in [-0.2, 0) is 36.0 Å². The summed E-state index contributed by atoms with van der Waals surface area (Å²) in [5.74, 6) is -0.550. The first-order chi connectivity index (χ1) is 17.5. The van der Waals surface area contributed by atoms with Gasteiger partial charge < -0.3 is 14.7 Å². The molecule has 1 N–H and O–H groups in total. The Kier molecular flexibility index (Phi) is 7.44. The average molecular weight is 500 g/mol. The lowest BCUT2D eigenvalue weighted by Gasteiger charge is -2.24. The van der Waals surface area contributed by atoms with Crippen LogP contribution in [0.4, 0.5) is 0 Å². The van der Waals surface area contributed by atoms with Gasteiger partial charge in [0.1, 0.15) is 17.9 Å². The normalized spacial score (nSPS) is 16.7. The maximum atomic E-state index is 13.4. The van der Waals surface area contributed by atoms with Crippen molar-refractivity contribution >= 4 is 11.9 Å². The summed E-state index contributed by atoms with van der Waals surface area (Å²) in [4.78, 5) is 26.4. The summed E-state index contributed by atoms with van der Waals surface area (Å²) in [5.41, 5.74) is 5.69. The van der Waals surface area contributed by atoms with E-state index in [1.54, 1.807) is 6.07 Å². The van der Waals surface area contributed by atoms with Gasteiger partial charge in [-0.3, -0.25) is 9.59 Å². The molecule has 0 saturated carbocycles. The summed E-state index contributed by atoms with van der Waals surface area (Å²) in [6.45, 7) is 10.5. The maximum Gasteiger partial charge on any atom is 0.323 e. The number of aryl methyl sites for hydroxylation is 1. The molecular formula is C32H37NO4. The summed E-state index contributed by atoms with van der Waals surface area (Å²) in [5, 5.41) is 9.49. The van der Waals surface area contributed by atoms with Gasteiger partial charge in [0, 0.05) is 24.9 Å². The molecule has 1 heterocycles. The first-order valence-electron chi connectivity index (χ1n) is 13.0. The minimum absolute atomic E-state index is 0.0229. The number of rotatable bonds is 8. The van der Waals surface area contributed by atoms with Crippen LogP contribution >= 0.6 is 0 Å². The second-order valence-corrected chi connectivity index (χ2v) is 11.4. The molecule has 0 aromatic heterocycles. The number of carboxylic acid groups (broad SMARTS) is 1. The van der Waals surface area contributed by atoms with Gasteiger partial charge in [0.2, 0.25) is 0 Å². The molecule has 0 bridgehead atoms. The number of amides is 1. The first kappa shape index (κ1) is 26.5. The zero-order chi connectivity index (χ0) is 26.8. The fourth-order valence-corrected chi connectivity index (χ4v) is 4.95. The smallest absolute Gasteiger partial charge is 0.323 e. The van der Waals surface area contributed by atoms with E-state index in [1.165, 1.54) is 21.6 Å². The van der Waals surface area contributed by atoms with Gasteiger partial charge in [-0.05, 0) is 64.8 Å². The van der Waals surface area contributed by atoms with Gasteiger partial charge in [0.25, 0.3) is 5.91 Å². The number of carbonyl (C=O) groups is 2. The van der Waals surface area contributed by atoms with Crippen LogP contribution in [0.2, 0.25) is 0 Å². The Morgan fingerprint density at radius 3 is 2.16 bits per heavy atom. The molecule has 1 amide bonds. The van der Waals surface area contributed by atoms with Gasteiger partial charge in [-0.15, -0.1) is 0 Å². The molecule has 3 aromatic rings. The number of hydrogen-bond donors (Lipinski definition) is 1. The second-order valence-electron chi connectivity index (χ2n) is 11.4. The maximum absolute atomic E-state index is 13.4. The molecule has 4 rings (SSSR count). The van der Waals surface area contributed by atoms with Gasteiger partial charge in [-0.2, -0.15) is 0 Å². The van der Waals surface area contributed by atoms with E-state index in [2.05, 4.69) is 58.9 Å².